The Balaban J connectivity index is 2.10. The predicted molar refractivity (Wildman–Crippen MR) is 78.5 cm³/mol. The highest BCUT2D eigenvalue weighted by atomic mass is 32.2. The summed E-state index contributed by atoms with van der Waals surface area (Å²) >= 11 is 1.34. The van der Waals surface area contributed by atoms with Crippen molar-refractivity contribution in [3.63, 3.8) is 0 Å². The second-order valence-corrected chi connectivity index (χ2v) is 5.31. The van der Waals surface area contributed by atoms with Gasteiger partial charge in [0.25, 0.3) is 0 Å². The zero-order chi connectivity index (χ0) is 14.4. The van der Waals surface area contributed by atoms with Crippen molar-refractivity contribution in [3.8, 4) is 18.0 Å². The number of carbonyl (C=O) groups excluding carboxylic acids is 1. The molecule has 0 aliphatic heterocycles. The highest BCUT2D eigenvalue weighted by Gasteiger charge is 2.17. The van der Waals surface area contributed by atoms with E-state index in [1.807, 2.05) is 34.9 Å². The molecule has 0 spiro atoms. The van der Waals surface area contributed by atoms with E-state index in [1.165, 1.54) is 11.8 Å². The van der Waals surface area contributed by atoms with Gasteiger partial charge in [-0.25, -0.2) is 0 Å². The minimum Gasteiger partial charge on any atom is -0.344 e. The lowest BCUT2D eigenvalue weighted by molar-refractivity contribution is -0.120. The number of rotatable bonds is 5. The number of benzene rings is 1. The first-order chi connectivity index (χ1) is 9.72. The summed E-state index contributed by atoms with van der Waals surface area (Å²) in [5.41, 5.74) is 0.955. The third-order valence-corrected chi connectivity index (χ3v) is 3.62. The molecule has 1 aromatic heterocycles. The summed E-state index contributed by atoms with van der Waals surface area (Å²) < 4.78 is 1.84. The molecule has 0 fully saturated rings. The van der Waals surface area contributed by atoms with Crippen molar-refractivity contribution in [2.24, 2.45) is 0 Å². The fourth-order valence-electron chi connectivity index (χ4n) is 1.56. The molecule has 1 N–H and O–H groups in total. The maximum Gasteiger partial charge on any atom is 0.234 e. The van der Waals surface area contributed by atoms with E-state index < -0.39 is 0 Å². The van der Waals surface area contributed by atoms with Gasteiger partial charge in [-0.1, -0.05) is 35.9 Å². The van der Waals surface area contributed by atoms with Gasteiger partial charge in [0.1, 0.15) is 6.33 Å². The standard InChI is InChI=1S/C14H14N4OS/c1-3-9-15-13(19)11(2)20-14-17-16-10-18(14)12-7-5-4-6-8-12/h1,4-8,10-11H,9H2,2H3,(H,15,19). The van der Waals surface area contributed by atoms with Gasteiger partial charge in [0, 0.05) is 5.69 Å². The average molecular weight is 286 g/mol. The Kier molecular flexibility index (Phi) is 4.80. The molecule has 0 saturated carbocycles. The van der Waals surface area contributed by atoms with Crippen molar-refractivity contribution < 1.29 is 4.79 Å². The van der Waals surface area contributed by atoms with Crippen LogP contribution in [-0.2, 0) is 4.79 Å². The normalized spacial score (nSPS) is 11.6. The lowest BCUT2D eigenvalue weighted by Gasteiger charge is -2.11. The predicted octanol–water partition coefficient (Wildman–Crippen LogP) is 1.50. The fraction of sp³-hybridized carbons (Fsp3) is 0.214. The molecule has 2 rings (SSSR count). The van der Waals surface area contributed by atoms with Crippen molar-refractivity contribution in [2.75, 3.05) is 6.54 Å². The maximum atomic E-state index is 11.8. The van der Waals surface area contributed by atoms with Crippen LogP contribution in [-0.4, -0.2) is 32.5 Å². The molecule has 20 heavy (non-hydrogen) atoms. The number of nitrogens with zero attached hydrogens (tertiary/aromatic N) is 3. The molecular weight excluding hydrogens is 272 g/mol. The monoisotopic (exact) mass is 286 g/mol. The second kappa shape index (κ2) is 6.78. The second-order valence-electron chi connectivity index (χ2n) is 4.00. The molecule has 0 radical (unpaired) electrons. The minimum absolute atomic E-state index is 0.115. The van der Waals surface area contributed by atoms with Gasteiger partial charge in [0.05, 0.1) is 11.8 Å². The number of carbonyl (C=O) groups is 1. The summed E-state index contributed by atoms with van der Waals surface area (Å²) in [7, 11) is 0. The van der Waals surface area contributed by atoms with Crippen LogP contribution >= 0.6 is 11.8 Å². The molecule has 102 valence electrons. The van der Waals surface area contributed by atoms with Gasteiger partial charge in [-0.05, 0) is 19.1 Å². The molecule has 1 amide bonds. The Morgan fingerprint density at radius 2 is 2.25 bits per heavy atom. The first-order valence-electron chi connectivity index (χ1n) is 6.05. The van der Waals surface area contributed by atoms with Crippen LogP contribution in [0.15, 0.2) is 41.8 Å². The van der Waals surface area contributed by atoms with Crippen molar-refractivity contribution in [1.29, 1.82) is 0 Å². The number of hydrogen-bond donors (Lipinski definition) is 1. The van der Waals surface area contributed by atoms with Gasteiger partial charge in [0.2, 0.25) is 5.91 Å². The molecule has 2 aromatic rings. The van der Waals surface area contributed by atoms with Crippen molar-refractivity contribution in [2.45, 2.75) is 17.3 Å². The number of para-hydroxylation sites is 1. The van der Waals surface area contributed by atoms with Crippen LogP contribution in [0.1, 0.15) is 6.92 Å². The van der Waals surface area contributed by atoms with Crippen molar-refractivity contribution >= 4 is 17.7 Å². The molecule has 6 heteroatoms. The number of aromatic nitrogens is 3. The van der Waals surface area contributed by atoms with Gasteiger partial charge < -0.3 is 5.32 Å². The largest absolute Gasteiger partial charge is 0.344 e. The van der Waals surface area contributed by atoms with E-state index in [9.17, 15) is 4.79 Å². The number of hydrogen-bond acceptors (Lipinski definition) is 4. The summed E-state index contributed by atoms with van der Waals surface area (Å²) in [5.74, 6) is 2.26. The zero-order valence-corrected chi connectivity index (χ0v) is 11.8. The van der Waals surface area contributed by atoms with Crippen LogP contribution < -0.4 is 5.32 Å². The molecular formula is C14H14N4OS. The topological polar surface area (TPSA) is 59.8 Å². The quantitative estimate of drug-likeness (QED) is 0.668. The molecule has 1 unspecified atom stereocenters. The molecule has 1 atom stereocenters. The fourth-order valence-corrected chi connectivity index (χ4v) is 2.43. The van der Waals surface area contributed by atoms with Crippen molar-refractivity contribution in [1.82, 2.24) is 20.1 Å². The van der Waals surface area contributed by atoms with Gasteiger partial charge in [-0.2, -0.15) is 0 Å². The molecule has 5 nitrogen and oxygen atoms in total. The Morgan fingerprint density at radius 1 is 1.50 bits per heavy atom. The molecule has 0 aliphatic rings. The molecule has 0 saturated heterocycles. The van der Waals surface area contributed by atoms with E-state index in [-0.39, 0.29) is 17.7 Å². The van der Waals surface area contributed by atoms with Gasteiger partial charge in [-0.3, -0.25) is 9.36 Å². The Morgan fingerprint density at radius 3 is 2.95 bits per heavy atom. The van der Waals surface area contributed by atoms with Gasteiger partial charge in [-0.15, -0.1) is 16.6 Å². The van der Waals surface area contributed by atoms with E-state index in [2.05, 4.69) is 21.4 Å². The number of terminal acetylenes is 1. The van der Waals surface area contributed by atoms with E-state index in [0.29, 0.717) is 5.16 Å². The van der Waals surface area contributed by atoms with E-state index in [0.717, 1.165) is 5.69 Å². The summed E-state index contributed by atoms with van der Waals surface area (Å²) in [6.07, 6.45) is 6.74. The lowest BCUT2D eigenvalue weighted by atomic mass is 10.3. The maximum absolute atomic E-state index is 11.8. The van der Waals surface area contributed by atoms with Crippen LogP contribution in [0.4, 0.5) is 0 Å². The van der Waals surface area contributed by atoms with Gasteiger partial charge >= 0.3 is 0 Å². The highest BCUT2D eigenvalue weighted by Crippen LogP contribution is 2.23. The SMILES string of the molecule is C#CCNC(=O)C(C)Sc1nncn1-c1ccccc1. The van der Waals surface area contributed by atoms with E-state index in [1.54, 1.807) is 13.3 Å². The third kappa shape index (κ3) is 3.39. The van der Waals surface area contributed by atoms with E-state index >= 15 is 0 Å². The lowest BCUT2D eigenvalue weighted by Crippen LogP contribution is -2.31. The van der Waals surface area contributed by atoms with Crippen LogP contribution in [0.3, 0.4) is 0 Å². The smallest absolute Gasteiger partial charge is 0.234 e. The third-order valence-electron chi connectivity index (χ3n) is 2.57. The zero-order valence-electron chi connectivity index (χ0n) is 11.0. The van der Waals surface area contributed by atoms with Crippen LogP contribution in [0.2, 0.25) is 0 Å². The summed E-state index contributed by atoms with van der Waals surface area (Å²) in [6, 6.07) is 9.73. The first-order valence-corrected chi connectivity index (χ1v) is 6.93. The minimum atomic E-state index is -0.296. The Hall–Kier alpha value is -2.26. The Labute approximate surface area is 121 Å². The summed E-state index contributed by atoms with van der Waals surface area (Å²) in [5, 5.41) is 11.0. The van der Waals surface area contributed by atoms with Gasteiger partial charge in [0.15, 0.2) is 5.16 Å². The summed E-state index contributed by atoms with van der Waals surface area (Å²) in [6.45, 7) is 2.04. The average Bonchev–Trinajstić information content (AvgIpc) is 2.93. The van der Waals surface area contributed by atoms with Crippen LogP contribution in [0.5, 0.6) is 0 Å². The van der Waals surface area contributed by atoms with Crippen LogP contribution in [0, 0.1) is 12.3 Å². The molecule has 1 heterocycles. The number of nitrogens with one attached hydrogen (secondary N) is 1. The van der Waals surface area contributed by atoms with Crippen molar-refractivity contribution in [3.05, 3.63) is 36.7 Å². The van der Waals surface area contributed by atoms with E-state index in [4.69, 9.17) is 6.42 Å². The molecule has 1 aromatic carbocycles. The highest BCUT2D eigenvalue weighted by molar-refractivity contribution is 8.00. The Bertz CT molecular complexity index is 618. The molecule has 0 aliphatic carbocycles. The van der Waals surface area contributed by atoms with Crippen LogP contribution in [0.25, 0.3) is 5.69 Å². The summed E-state index contributed by atoms with van der Waals surface area (Å²) in [4.78, 5) is 11.8. The molecule has 0 bridgehead atoms. The number of thioether (sulfide) groups is 1. The first kappa shape index (κ1) is 14.2. The number of amides is 1.